The van der Waals surface area contributed by atoms with E-state index in [2.05, 4.69) is 84.1 Å². The van der Waals surface area contributed by atoms with Crippen molar-refractivity contribution in [3.8, 4) is 6.07 Å². The Balaban J connectivity index is 0.000000419. The van der Waals surface area contributed by atoms with Gasteiger partial charge in [0.25, 0.3) is 0 Å². The van der Waals surface area contributed by atoms with Crippen LogP contribution in [0.15, 0.2) is 61.9 Å². The summed E-state index contributed by atoms with van der Waals surface area (Å²) < 4.78 is 218. The van der Waals surface area contributed by atoms with Crippen LogP contribution in [0.25, 0.3) is 32.7 Å². The molecule has 0 bridgehead atoms. The number of alkyl halides is 12. The van der Waals surface area contributed by atoms with Crippen molar-refractivity contribution in [3.05, 3.63) is 93.4 Å². The molecule has 7 aromatic rings. The Kier molecular flexibility index (Phi) is 32.6. The number of aliphatic hydroxyl groups is 1. The van der Waals surface area contributed by atoms with E-state index >= 15 is 0 Å². The Morgan fingerprint density at radius 3 is 1.28 bits per heavy atom. The number of halogens is 20. The molecule has 570 valence electrons. The molecule has 3 aliphatic heterocycles. The number of anilines is 3. The maximum absolute atomic E-state index is 12.9. The van der Waals surface area contributed by atoms with E-state index in [9.17, 15) is 65.5 Å². The van der Waals surface area contributed by atoms with Gasteiger partial charge in [-0.3, -0.25) is 30.3 Å². The number of hydrogen-bond acceptors (Lipinski definition) is 19. The third-order valence-corrected chi connectivity index (χ3v) is 19.3. The van der Waals surface area contributed by atoms with Crippen molar-refractivity contribution in [2.75, 3.05) is 30.4 Å². The van der Waals surface area contributed by atoms with Crippen molar-refractivity contribution in [3.63, 3.8) is 0 Å². The van der Waals surface area contributed by atoms with Gasteiger partial charge in [0.05, 0.1) is 90.9 Å². The number of nitrogen functional groups attached to an aromatic ring is 3. The minimum Gasteiger partial charge on any atom is -0.412 e. The van der Waals surface area contributed by atoms with Crippen LogP contribution in [0, 0.1) is 17.1 Å². The van der Waals surface area contributed by atoms with E-state index in [1.807, 2.05) is 89.2 Å². The van der Waals surface area contributed by atoms with Crippen LogP contribution in [0.3, 0.4) is 0 Å². The van der Waals surface area contributed by atoms with E-state index in [0.29, 0.717) is 26.2 Å². The molecule has 6 heterocycles. The molecule has 0 saturated carbocycles. The number of nitrogens with one attached hydrogen (secondary N) is 1. The van der Waals surface area contributed by atoms with E-state index in [-0.39, 0.29) is 87.6 Å². The molecular weight excluding hydrogens is 1700 g/mol. The maximum Gasteiger partial charge on any atom is 0.523 e. The van der Waals surface area contributed by atoms with Gasteiger partial charge in [0, 0.05) is 21.0 Å². The second-order valence-electron chi connectivity index (χ2n) is 24.1. The lowest BCUT2D eigenvalue weighted by Gasteiger charge is -2.32. The summed E-state index contributed by atoms with van der Waals surface area (Å²) in [6, 6.07) is 14.5. The molecule has 0 aliphatic carbocycles. The first-order chi connectivity index (χ1) is 45.7. The summed E-state index contributed by atoms with van der Waals surface area (Å²) in [6.45, 7) is 20.6. The highest BCUT2D eigenvalue weighted by molar-refractivity contribution is 9.11. The fourth-order valence-electron chi connectivity index (χ4n) is 8.25. The van der Waals surface area contributed by atoms with Crippen LogP contribution in [0.2, 0.25) is 20.1 Å². The van der Waals surface area contributed by atoms with Crippen LogP contribution in [0.4, 0.5) is 74.5 Å². The lowest BCUT2D eigenvalue weighted by molar-refractivity contribution is -0.156. The first-order valence-electron chi connectivity index (χ1n) is 28.6. The lowest BCUT2D eigenvalue weighted by Crippen LogP contribution is -2.41. The van der Waals surface area contributed by atoms with Crippen molar-refractivity contribution in [2.24, 2.45) is 11.7 Å². The van der Waals surface area contributed by atoms with E-state index in [1.54, 1.807) is 43.3 Å². The zero-order chi connectivity index (χ0) is 78.3. The van der Waals surface area contributed by atoms with Crippen LogP contribution < -0.4 is 34.3 Å². The summed E-state index contributed by atoms with van der Waals surface area (Å²) in [6.07, 6.45) is -14.0. The molecule has 3 aromatic heterocycles. The summed E-state index contributed by atoms with van der Waals surface area (Å²) in [5, 5.41) is 32.7. The number of H-pyrrole nitrogens is 1. The number of aromatic nitrogens is 6. The van der Waals surface area contributed by atoms with Crippen molar-refractivity contribution in [1.29, 1.82) is 5.26 Å². The molecule has 0 unspecified atom stereocenters. The number of nitrogens with two attached hydrogens (primary N) is 5. The Labute approximate surface area is 622 Å². The molecule has 3 fully saturated rings. The van der Waals surface area contributed by atoms with Gasteiger partial charge in [0.2, 0.25) is 0 Å². The summed E-state index contributed by atoms with van der Waals surface area (Å²) in [5.74, 6) is 7.73. The third kappa shape index (κ3) is 23.8. The van der Waals surface area contributed by atoms with Gasteiger partial charge in [-0.25, -0.2) is 4.39 Å². The van der Waals surface area contributed by atoms with Crippen LogP contribution >= 0.6 is 94.2 Å². The predicted octanol–water partition coefficient (Wildman–Crippen LogP) is 14.1. The standard InChI is InChI=1S/C15H18BClF3N3O2.C12H24B2O4.C9H6BrClF3N3.C7H2BrClFN.C7H5BrClN3.C3H2F6O3S.C2H6O.H4N2.H2O/c1-13(2)14(3,4)25-16(24-13)8-5-6-9(17)10-11(8)23(22-12(10)21)7-15(18,19)20;1-9(2)10(3,4)16-13(15-9)14-17-11(5,6)12(7,8)18-14;10-4-1-2-5(11)6-7(4)17(16-8(6)15)3-9(12,13)14;8-5-1-2-6(9)4(3-11)7(5)10;8-3-1-2-4(9)5-6(3)11-12-7(5)10;4-2(5,6)1-12-13(10,11)3(7,8)9;1-2-3;1-2;/h5-6H,7H2,1-4H3,(H2,21,22);1-8H3;1-2H,3H2,(H2,15,16);1-2H;1-2H,(H3,10,11,12);1H2;3H,2H2,1H3;1-2H2;1H2. The number of benzene rings is 4. The van der Waals surface area contributed by atoms with Gasteiger partial charge in [0.15, 0.2) is 29.9 Å². The van der Waals surface area contributed by atoms with Crippen molar-refractivity contribution in [2.45, 2.75) is 161 Å². The Bertz CT molecular complexity index is 4100. The Morgan fingerprint density at radius 1 is 0.578 bits per heavy atom. The van der Waals surface area contributed by atoms with Crippen LogP contribution in [-0.4, -0.2) is 141 Å². The molecular formula is C55H69B3Br3Cl4F13N12O11S. The van der Waals surface area contributed by atoms with Crippen LogP contribution in [0.1, 0.15) is 95.6 Å². The fourth-order valence-corrected chi connectivity index (χ4v) is 10.9. The van der Waals surface area contributed by atoms with Gasteiger partial charge in [0.1, 0.15) is 24.7 Å². The molecule has 47 heteroatoms. The minimum absolute atomic E-state index is 0. The number of nitriles is 1. The smallest absolute Gasteiger partial charge is 0.412 e. The van der Waals surface area contributed by atoms with Gasteiger partial charge >= 0.3 is 55.3 Å². The molecule has 102 heavy (non-hydrogen) atoms. The second-order valence-corrected chi connectivity index (χ2v) is 29.9. The zero-order valence-electron chi connectivity index (χ0n) is 55.8. The largest absolute Gasteiger partial charge is 0.523 e. The molecule has 0 radical (unpaired) electrons. The topological polar surface area (TPSA) is 369 Å². The fraction of sp³-hybridized carbons (Fsp3) is 0.491. The van der Waals surface area contributed by atoms with Crippen molar-refractivity contribution in [1.82, 2.24) is 29.8 Å². The quantitative estimate of drug-likeness (QED) is 0.0155. The molecule has 0 atom stereocenters. The van der Waals surface area contributed by atoms with E-state index in [4.69, 9.17) is 102 Å². The Morgan fingerprint density at radius 2 is 0.922 bits per heavy atom. The van der Waals surface area contributed by atoms with Gasteiger partial charge in [-0.1, -0.05) is 52.5 Å². The highest BCUT2D eigenvalue weighted by atomic mass is 79.9. The van der Waals surface area contributed by atoms with Crippen molar-refractivity contribution >= 4 is 181 Å². The maximum atomic E-state index is 12.9. The van der Waals surface area contributed by atoms with Crippen molar-refractivity contribution < 1.29 is 108 Å². The number of aromatic amines is 1. The SMILES string of the molecule is CC1(C)OB(B2OC(C)(C)C(C)(C)O2)OC1(C)C.CC1(C)OB(c2ccc(Cl)c3c(N)nn(CC(F)(F)F)c23)OC1(C)C.CCO.N#Cc1c(Cl)ccc(Br)c1F.NN.Nc1n[nH]c2c(Br)ccc(Cl)c12.Nc1nn(CC(F)(F)F)c2c(Br)ccc(Cl)c12.O.O=S(=O)(OCC(F)(F)F)C(F)(F)F. The highest BCUT2D eigenvalue weighted by Crippen LogP contribution is 2.44. The number of hydrazine groups is 1. The monoisotopic (exact) mass is 1760 g/mol. The first-order valence-corrected chi connectivity index (χ1v) is 33.9. The van der Waals surface area contributed by atoms with Gasteiger partial charge in [-0.15, -0.1) is 0 Å². The first kappa shape index (κ1) is 93.7. The average Bonchev–Trinajstić information content (AvgIpc) is 1.60. The molecule has 0 amide bonds. The summed E-state index contributed by atoms with van der Waals surface area (Å²) in [7, 11) is -7.96. The minimum atomic E-state index is -6.15. The van der Waals surface area contributed by atoms with Gasteiger partial charge < -0.3 is 55.7 Å². The molecule has 23 nitrogen and oxygen atoms in total. The molecule has 10 rings (SSSR count). The number of rotatable bonds is 6. The molecule has 3 aliphatic rings. The van der Waals surface area contributed by atoms with Gasteiger partial charge in [-0.05, 0) is 180 Å². The molecule has 3 saturated heterocycles. The average molecular weight is 1770 g/mol. The molecule has 0 spiro atoms. The van der Waals surface area contributed by atoms with E-state index in [0.717, 1.165) is 24.7 Å². The summed E-state index contributed by atoms with van der Waals surface area (Å²) in [4.78, 5) is 0. The second kappa shape index (κ2) is 35.5. The lowest BCUT2D eigenvalue weighted by atomic mass is 9.49. The number of aliphatic hydroxyl groups excluding tert-OH is 1. The predicted molar refractivity (Wildman–Crippen MR) is 375 cm³/mol. The van der Waals surface area contributed by atoms with Crippen LogP contribution in [-0.2, 0) is 55.3 Å². The number of hydrogen-bond donors (Lipinski definition) is 7. The van der Waals surface area contributed by atoms with Crippen LogP contribution in [0.5, 0.6) is 0 Å². The van der Waals surface area contributed by atoms with Gasteiger partial charge in [-0.2, -0.15) is 81.7 Å². The zero-order valence-corrected chi connectivity index (χ0v) is 64.4. The number of nitrogens with zero attached hydrogens (tertiary/aromatic N) is 6. The highest BCUT2D eigenvalue weighted by Gasteiger charge is 2.64. The summed E-state index contributed by atoms with van der Waals surface area (Å²) >= 11 is 32.9. The normalized spacial score (nSPS) is 16.9. The molecule has 4 aromatic carbocycles. The van der Waals surface area contributed by atoms with E-state index < -0.39 is 92.0 Å². The summed E-state index contributed by atoms with van der Waals surface area (Å²) in [5.41, 5.74) is 9.95. The third-order valence-electron chi connectivity index (χ3n) is 15.1. The molecule has 14 N–H and O–H groups in total. The Hall–Kier alpha value is -4.43. The number of fused-ring (bicyclic) bond motifs is 3. The van der Waals surface area contributed by atoms with E-state index in [1.165, 1.54) is 12.1 Å².